The van der Waals surface area contributed by atoms with Gasteiger partial charge in [-0.25, -0.2) is 4.79 Å². The Bertz CT molecular complexity index is 352. The number of ether oxygens (including phenoxy) is 1. The highest BCUT2D eigenvalue weighted by Gasteiger charge is 2.05. The highest BCUT2D eigenvalue weighted by atomic mass is 16.5. The molecule has 17 heavy (non-hydrogen) atoms. The Morgan fingerprint density at radius 3 is 2.94 bits per heavy atom. The van der Waals surface area contributed by atoms with Gasteiger partial charge in [0, 0.05) is 6.04 Å². The number of nitrogens with one attached hydrogen (secondary N) is 2. The van der Waals surface area contributed by atoms with Crippen molar-refractivity contribution in [2.24, 2.45) is 5.73 Å². The average Bonchev–Trinajstić information content (AvgIpc) is 2.69. The van der Waals surface area contributed by atoms with Crippen LogP contribution in [-0.2, 0) is 11.3 Å². The summed E-state index contributed by atoms with van der Waals surface area (Å²) in [5.74, 6) is 0.497. The number of nitrogens with zero attached hydrogens (tertiary/aromatic N) is 2. The molecule has 96 valence electrons. The zero-order chi connectivity index (χ0) is 12.7. The maximum absolute atomic E-state index is 10.3. The highest BCUT2D eigenvalue weighted by molar-refractivity contribution is 5.64. The van der Waals surface area contributed by atoms with Gasteiger partial charge in [0.15, 0.2) is 0 Å². The van der Waals surface area contributed by atoms with Crippen LogP contribution in [0.3, 0.4) is 0 Å². The molecule has 0 atom stereocenters. The van der Waals surface area contributed by atoms with Crippen LogP contribution in [0, 0.1) is 0 Å². The van der Waals surface area contributed by atoms with Gasteiger partial charge >= 0.3 is 12.1 Å². The zero-order valence-electron chi connectivity index (χ0n) is 9.90. The van der Waals surface area contributed by atoms with E-state index in [1.165, 1.54) is 0 Å². The Hall–Kier alpha value is -1.83. The largest absolute Gasteiger partial charge is 0.448 e. The van der Waals surface area contributed by atoms with Crippen molar-refractivity contribution in [2.45, 2.75) is 26.4 Å². The van der Waals surface area contributed by atoms with Crippen molar-refractivity contribution in [1.29, 1.82) is 0 Å². The number of hydrogen-bond acceptors (Lipinski definition) is 7. The first-order valence-electron chi connectivity index (χ1n) is 5.30. The minimum Gasteiger partial charge on any atom is -0.448 e. The Morgan fingerprint density at radius 2 is 2.29 bits per heavy atom. The van der Waals surface area contributed by atoms with E-state index in [1.807, 2.05) is 13.8 Å². The maximum atomic E-state index is 10.3. The number of anilines is 1. The summed E-state index contributed by atoms with van der Waals surface area (Å²) in [4.78, 5) is 10.3. The number of rotatable bonds is 7. The summed E-state index contributed by atoms with van der Waals surface area (Å²) in [5.41, 5.74) is 4.80. The number of carbonyl (C=O) groups is 1. The van der Waals surface area contributed by atoms with Gasteiger partial charge in [-0.3, -0.25) is 0 Å². The fraction of sp³-hybridized carbons (Fsp3) is 0.667. The lowest BCUT2D eigenvalue weighted by atomic mass is 10.4. The van der Waals surface area contributed by atoms with Crippen molar-refractivity contribution >= 4 is 12.1 Å². The van der Waals surface area contributed by atoms with Crippen LogP contribution in [0.4, 0.5) is 10.8 Å². The van der Waals surface area contributed by atoms with Crippen LogP contribution >= 0.6 is 0 Å². The molecule has 8 heteroatoms. The molecule has 1 aromatic heterocycles. The van der Waals surface area contributed by atoms with Crippen molar-refractivity contribution in [3.63, 3.8) is 0 Å². The molecule has 4 N–H and O–H groups in total. The Morgan fingerprint density at radius 1 is 1.53 bits per heavy atom. The van der Waals surface area contributed by atoms with Gasteiger partial charge in [0.1, 0.15) is 6.61 Å². The van der Waals surface area contributed by atoms with Crippen LogP contribution < -0.4 is 16.4 Å². The molecule has 0 bridgehead atoms. The summed E-state index contributed by atoms with van der Waals surface area (Å²) in [5, 5.41) is 13.6. The second-order valence-corrected chi connectivity index (χ2v) is 3.63. The van der Waals surface area contributed by atoms with E-state index in [9.17, 15) is 4.79 Å². The van der Waals surface area contributed by atoms with Gasteiger partial charge in [-0.05, 0) is 0 Å². The average molecular weight is 243 g/mol. The van der Waals surface area contributed by atoms with Gasteiger partial charge in [0.05, 0.1) is 13.1 Å². The molecule has 0 aliphatic carbocycles. The molecular weight excluding hydrogens is 226 g/mol. The van der Waals surface area contributed by atoms with Crippen molar-refractivity contribution in [3.8, 4) is 0 Å². The predicted molar refractivity (Wildman–Crippen MR) is 60.3 cm³/mol. The van der Waals surface area contributed by atoms with Crippen molar-refractivity contribution in [1.82, 2.24) is 15.5 Å². The minimum absolute atomic E-state index is 0.150. The van der Waals surface area contributed by atoms with Crippen molar-refractivity contribution in [2.75, 3.05) is 18.5 Å². The van der Waals surface area contributed by atoms with Crippen molar-refractivity contribution in [3.05, 3.63) is 5.89 Å². The van der Waals surface area contributed by atoms with Crippen molar-refractivity contribution < 1.29 is 13.9 Å². The van der Waals surface area contributed by atoms with Gasteiger partial charge in [0.25, 0.3) is 0 Å². The van der Waals surface area contributed by atoms with Crippen LogP contribution in [0.1, 0.15) is 19.7 Å². The van der Waals surface area contributed by atoms with Gasteiger partial charge in [-0.15, -0.1) is 5.10 Å². The van der Waals surface area contributed by atoms with E-state index in [0.717, 1.165) is 0 Å². The third kappa shape index (κ3) is 5.71. The van der Waals surface area contributed by atoms with Gasteiger partial charge in [0.2, 0.25) is 5.89 Å². The molecule has 0 unspecified atom stereocenters. The maximum Gasteiger partial charge on any atom is 0.404 e. The second kappa shape index (κ2) is 6.69. The molecule has 0 saturated heterocycles. The normalized spacial score (nSPS) is 10.5. The van der Waals surface area contributed by atoms with Gasteiger partial charge in [-0.1, -0.05) is 18.9 Å². The van der Waals surface area contributed by atoms with E-state index >= 15 is 0 Å². The number of hydrogen-bond donors (Lipinski definition) is 3. The summed E-state index contributed by atoms with van der Waals surface area (Å²) in [7, 11) is 0. The molecule has 1 heterocycles. The summed E-state index contributed by atoms with van der Waals surface area (Å²) in [6.07, 6.45) is -0.806. The van der Waals surface area contributed by atoms with E-state index in [1.54, 1.807) is 0 Å². The van der Waals surface area contributed by atoms with Gasteiger partial charge in [-0.2, -0.15) is 0 Å². The molecule has 0 saturated carbocycles. The molecule has 0 radical (unpaired) electrons. The third-order valence-corrected chi connectivity index (χ3v) is 1.75. The number of primary amides is 1. The third-order valence-electron chi connectivity index (χ3n) is 1.75. The zero-order valence-corrected chi connectivity index (χ0v) is 9.90. The number of nitrogens with two attached hydrogens (primary N) is 1. The van der Waals surface area contributed by atoms with E-state index in [0.29, 0.717) is 31.0 Å². The Balaban J connectivity index is 2.23. The van der Waals surface area contributed by atoms with E-state index in [4.69, 9.17) is 10.2 Å². The van der Waals surface area contributed by atoms with Crippen LogP contribution in [0.15, 0.2) is 4.42 Å². The molecule has 1 rings (SSSR count). The highest BCUT2D eigenvalue weighted by Crippen LogP contribution is 2.04. The fourth-order valence-electron chi connectivity index (χ4n) is 0.997. The summed E-state index contributed by atoms with van der Waals surface area (Å²) < 4.78 is 9.80. The first kappa shape index (κ1) is 13.2. The molecule has 1 aromatic rings. The van der Waals surface area contributed by atoms with Crippen LogP contribution in [0.5, 0.6) is 0 Å². The van der Waals surface area contributed by atoms with Crippen LogP contribution in [-0.4, -0.2) is 35.5 Å². The molecule has 0 aliphatic heterocycles. The second-order valence-electron chi connectivity index (χ2n) is 3.63. The molecule has 0 fully saturated rings. The predicted octanol–water partition coefficient (Wildman–Crippen LogP) is 0.0748. The lowest BCUT2D eigenvalue weighted by Crippen LogP contribution is -2.21. The molecule has 1 amide bonds. The number of aromatic nitrogens is 2. The molecule has 0 spiro atoms. The molecule has 8 nitrogen and oxygen atoms in total. The van der Waals surface area contributed by atoms with E-state index < -0.39 is 6.09 Å². The lowest BCUT2D eigenvalue weighted by Gasteiger charge is -2.03. The minimum atomic E-state index is -0.806. The standard InChI is InChI=1S/C9H17N5O3/c1-6(2)12-5-7-13-14-9(17-7)11-3-4-16-8(10)15/h6,12H,3-5H2,1-2H3,(H2,10,15)(H,11,14). The number of carbonyl (C=O) groups excluding carboxylic acids is 1. The topological polar surface area (TPSA) is 115 Å². The van der Waals surface area contributed by atoms with Gasteiger partial charge < -0.3 is 25.5 Å². The monoisotopic (exact) mass is 243 g/mol. The first-order valence-corrected chi connectivity index (χ1v) is 5.30. The Kier molecular flexibility index (Phi) is 5.21. The Labute approximate surface area is 98.9 Å². The molecule has 0 aromatic carbocycles. The van der Waals surface area contributed by atoms with E-state index in [-0.39, 0.29) is 6.61 Å². The van der Waals surface area contributed by atoms with E-state index in [2.05, 4.69) is 25.6 Å². The summed E-state index contributed by atoms with van der Waals surface area (Å²) in [6, 6.07) is 0.640. The molecular formula is C9H17N5O3. The fourth-order valence-corrected chi connectivity index (χ4v) is 0.997. The van der Waals surface area contributed by atoms with Crippen LogP contribution in [0.2, 0.25) is 0 Å². The van der Waals surface area contributed by atoms with Crippen LogP contribution in [0.25, 0.3) is 0 Å². The lowest BCUT2D eigenvalue weighted by molar-refractivity contribution is 0.161. The SMILES string of the molecule is CC(C)NCc1nnc(NCCOC(N)=O)o1. The first-order chi connectivity index (χ1) is 8.08. The number of amides is 1. The smallest absolute Gasteiger partial charge is 0.404 e. The summed E-state index contributed by atoms with van der Waals surface area (Å²) >= 11 is 0. The quantitative estimate of drug-likeness (QED) is 0.580. The summed E-state index contributed by atoms with van der Waals surface area (Å²) in [6.45, 7) is 5.08. The molecule has 0 aliphatic rings.